The Kier molecular flexibility index (Phi) is 5.21. The highest BCUT2D eigenvalue weighted by Crippen LogP contribution is 2.34. The number of hydrogen-bond donors (Lipinski definition) is 0. The van der Waals surface area contributed by atoms with Gasteiger partial charge >= 0.3 is 13.4 Å². The number of nitrogens with zero attached hydrogens (tertiary/aromatic N) is 2. The fourth-order valence-electron chi connectivity index (χ4n) is 5.81. The molecule has 0 unspecified atom stereocenters. The smallest absolute Gasteiger partial charge is 0.593 e. The average Bonchev–Trinajstić information content (AvgIpc) is 3.05. The second-order valence-corrected chi connectivity index (χ2v) is 9.86. The van der Waals surface area contributed by atoms with Crippen molar-refractivity contribution in [1.29, 1.82) is 0 Å². The molecule has 0 aliphatic carbocycles. The van der Waals surface area contributed by atoms with E-state index in [0.29, 0.717) is 11.5 Å². The molecule has 1 saturated heterocycles. The van der Waals surface area contributed by atoms with Crippen LogP contribution in [0.1, 0.15) is 11.1 Å². The van der Waals surface area contributed by atoms with Gasteiger partial charge in [0.15, 0.2) is 13.1 Å². The Balaban J connectivity index is 1.53. The van der Waals surface area contributed by atoms with E-state index in [1.165, 1.54) is 12.1 Å². The lowest BCUT2D eigenvalue weighted by atomic mass is 9.53. The summed E-state index contributed by atoms with van der Waals surface area (Å²) in [6.45, 7) is -5.48. The molecule has 0 aromatic heterocycles. The fourth-order valence-corrected chi connectivity index (χ4v) is 5.81. The third-order valence-electron chi connectivity index (χ3n) is 7.59. The van der Waals surface area contributed by atoms with Crippen molar-refractivity contribution in [2.45, 2.75) is 0 Å². The molecule has 3 aliphatic rings. The van der Waals surface area contributed by atoms with Gasteiger partial charge in [-0.05, 0) is 47.3 Å². The van der Waals surface area contributed by atoms with Gasteiger partial charge in [-0.2, -0.15) is 0 Å². The van der Waals surface area contributed by atoms with Crippen LogP contribution in [0.25, 0.3) is 0 Å². The highest BCUT2D eigenvalue weighted by atomic mass is 19.1. The van der Waals surface area contributed by atoms with Gasteiger partial charge in [0.1, 0.15) is 35.7 Å². The quantitative estimate of drug-likeness (QED) is 0.295. The summed E-state index contributed by atoms with van der Waals surface area (Å²) < 4.78 is 82.7. The zero-order valence-electron chi connectivity index (χ0n) is 20.4. The average molecular weight is 530 g/mol. The van der Waals surface area contributed by atoms with Gasteiger partial charge in [0.05, 0.1) is 22.6 Å². The third-order valence-corrected chi connectivity index (χ3v) is 7.59. The van der Waals surface area contributed by atoms with Crippen molar-refractivity contribution in [2.75, 3.05) is 13.1 Å². The van der Waals surface area contributed by atoms with E-state index < -0.39 is 36.6 Å². The molecule has 3 heterocycles. The van der Waals surface area contributed by atoms with E-state index in [1.54, 1.807) is 45.7 Å². The molecule has 39 heavy (non-hydrogen) atoms. The number of halogens is 4. The van der Waals surface area contributed by atoms with Gasteiger partial charge in [-0.3, -0.25) is 0 Å². The van der Waals surface area contributed by atoms with Crippen LogP contribution in [0, 0.1) is 23.3 Å². The number of para-hydroxylation sites is 2. The Morgan fingerprint density at radius 1 is 0.564 bits per heavy atom. The molecule has 4 aromatic carbocycles. The first-order chi connectivity index (χ1) is 18.9. The SMILES string of the molecule is Fc1ccc([B@@-]23Oc4ccccc4C=[N+]2CC[N+]2=Cc4ccccc4O[B@@-]2(c2ccc(F)cc2F)O3)c(F)c1. The maximum atomic E-state index is 15.6. The lowest BCUT2D eigenvalue weighted by Crippen LogP contribution is -2.77. The van der Waals surface area contributed by atoms with Gasteiger partial charge < -0.3 is 22.9 Å². The van der Waals surface area contributed by atoms with E-state index in [9.17, 15) is 8.78 Å². The largest absolute Gasteiger partial charge is 0.632 e. The van der Waals surface area contributed by atoms with E-state index in [2.05, 4.69) is 0 Å². The molecular formula is C28H20B2F4N2O3. The Hall–Kier alpha value is -4.37. The second-order valence-electron chi connectivity index (χ2n) is 9.86. The summed E-state index contributed by atoms with van der Waals surface area (Å²) in [6.07, 6.45) is 3.58. The minimum absolute atomic E-state index is 0.0739. The number of benzene rings is 4. The summed E-state index contributed by atoms with van der Waals surface area (Å²) in [5, 5.41) is 0. The predicted molar refractivity (Wildman–Crippen MR) is 139 cm³/mol. The van der Waals surface area contributed by atoms with Crippen molar-refractivity contribution in [1.82, 2.24) is 0 Å². The number of hydrogen-bond acceptors (Lipinski definition) is 3. The Labute approximate surface area is 221 Å². The van der Waals surface area contributed by atoms with E-state index in [4.69, 9.17) is 13.9 Å². The van der Waals surface area contributed by atoms with Gasteiger partial charge in [0.25, 0.3) is 0 Å². The van der Waals surface area contributed by atoms with Gasteiger partial charge in [-0.15, -0.1) is 0 Å². The molecule has 0 N–H and O–H groups in total. The molecule has 0 spiro atoms. The Bertz CT molecular complexity index is 1610. The van der Waals surface area contributed by atoms with Crippen LogP contribution in [-0.2, 0) is 4.57 Å². The third kappa shape index (κ3) is 3.60. The van der Waals surface area contributed by atoms with Gasteiger partial charge in [0, 0.05) is 12.1 Å². The lowest BCUT2D eigenvalue weighted by Gasteiger charge is -2.49. The van der Waals surface area contributed by atoms with Crippen LogP contribution in [0.3, 0.4) is 0 Å². The molecule has 0 bridgehead atoms. The van der Waals surface area contributed by atoms with E-state index in [1.807, 2.05) is 24.3 Å². The van der Waals surface area contributed by atoms with Crippen LogP contribution in [0.15, 0.2) is 84.9 Å². The lowest BCUT2D eigenvalue weighted by molar-refractivity contribution is -0.475. The minimum Gasteiger partial charge on any atom is -0.632 e. The summed E-state index contributed by atoms with van der Waals surface area (Å²) >= 11 is 0. The summed E-state index contributed by atoms with van der Waals surface area (Å²) in [7, 11) is 0. The van der Waals surface area contributed by atoms with E-state index in [-0.39, 0.29) is 24.0 Å². The van der Waals surface area contributed by atoms with Crippen LogP contribution >= 0.6 is 0 Å². The molecular weight excluding hydrogens is 510 g/mol. The molecule has 0 saturated carbocycles. The van der Waals surface area contributed by atoms with Crippen molar-refractivity contribution < 1.29 is 40.4 Å². The summed E-state index contributed by atoms with van der Waals surface area (Å²) in [4.78, 5) is 0. The van der Waals surface area contributed by atoms with Crippen molar-refractivity contribution in [3.8, 4) is 11.5 Å². The van der Waals surface area contributed by atoms with Crippen LogP contribution in [-0.4, -0.2) is 47.9 Å². The molecule has 7 rings (SSSR count). The van der Waals surface area contributed by atoms with Crippen LogP contribution in [0.2, 0.25) is 0 Å². The first kappa shape index (κ1) is 23.7. The topological polar surface area (TPSA) is 33.7 Å². The zero-order chi connectivity index (χ0) is 26.8. The Morgan fingerprint density at radius 3 is 1.44 bits per heavy atom. The minimum atomic E-state index is -2.99. The summed E-state index contributed by atoms with van der Waals surface area (Å²) in [6, 6.07) is 20.6. The molecule has 0 radical (unpaired) electrons. The number of rotatable bonds is 2. The Morgan fingerprint density at radius 2 is 1.00 bits per heavy atom. The highest BCUT2D eigenvalue weighted by molar-refractivity contribution is 6.88. The molecule has 11 heteroatoms. The molecule has 0 amide bonds. The molecule has 2 atom stereocenters. The highest BCUT2D eigenvalue weighted by Gasteiger charge is 2.62. The van der Waals surface area contributed by atoms with Crippen molar-refractivity contribution in [3.05, 3.63) is 119 Å². The van der Waals surface area contributed by atoms with Crippen molar-refractivity contribution in [2.24, 2.45) is 0 Å². The van der Waals surface area contributed by atoms with E-state index in [0.717, 1.165) is 35.4 Å². The second kappa shape index (κ2) is 8.57. The zero-order valence-corrected chi connectivity index (χ0v) is 20.4. The molecule has 5 nitrogen and oxygen atoms in total. The normalized spacial score (nSPS) is 23.0. The summed E-state index contributed by atoms with van der Waals surface area (Å²) in [5.74, 6) is -2.54. The van der Waals surface area contributed by atoms with E-state index >= 15 is 8.78 Å². The monoisotopic (exact) mass is 530 g/mol. The predicted octanol–water partition coefficient (Wildman–Crippen LogP) is 3.31. The first-order valence-electron chi connectivity index (χ1n) is 12.6. The van der Waals surface area contributed by atoms with Gasteiger partial charge in [-0.25, -0.2) is 17.6 Å². The molecule has 1 fully saturated rings. The van der Waals surface area contributed by atoms with Gasteiger partial charge in [0.2, 0.25) is 0 Å². The molecule has 194 valence electrons. The maximum absolute atomic E-state index is 15.6. The maximum Gasteiger partial charge on any atom is 0.593 e. The van der Waals surface area contributed by atoms with Crippen molar-refractivity contribution in [3.63, 3.8) is 0 Å². The van der Waals surface area contributed by atoms with Gasteiger partial charge in [-0.1, -0.05) is 36.4 Å². The summed E-state index contributed by atoms with van der Waals surface area (Å²) in [5.41, 5.74) is 1.30. The van der Waals surface area contributed by atoms with Crippen molar-refractivity contribution >= 4 is 36.7 Å². The molecule has 4 aromatic rings. The first-order valence-corrected chi connectivity index (χ1v) is 12.6. The van der Waals surface area contributed by atoms with Crippen LogP contribution in [0.5, 0.6) is 11.5 Å². The standard InChI is InChI=1S/C28H20B2F4N2O3/c31-21-9-11-23(25(33)15-21)29-35(17-19-5-1-3-7-27(19)37-29)13-14-36-18-20-6-2-4-8-28(20)38-30(36,39-29)24-12-10-22(32)16-26(24)34/h1-12,15-18H,13-14H2/t29-,30-/m0/s1. The van der Waals surface area contributed by atoms with Crippen LogP contribution < -0.4 is 20.2 Å². The number of fused-ring (bicyclic) bond motifs is 4. The molecule has 3 aliphatic heterocycles. The van der Waals surface area contributed by atoms with Crippen LogP contribution in [0.4, 0.5) is 17.6 Å². The fraction of sp³-hybridized carbons (Fsp3) is 0.0714.